The highest BCUT2D eigenvalue weighted by molar-refractivity contribution is 7.18. The molecule has 2 aromatic heterocycles. The average molecular weight is 360 g/mol. The van der Waals surface area contributed by atoms with Crippen molar-refractivity contribution < 1.29 is 4.79 Å². The molecule has 2 aliphatic rings. The van der Waals surface area contributed by atoms with Crippen LogP contribution in [0.3, 0.4) is 0 Å². The number of rotatable bonds is 2. The van der Waals surface area contributed by atoms with Gasteiger partial charge in [0.15, 0.2) is 0 Å². The van der Waals surface area contributed by atoms with Crippen molar-refractivity contribution in [2.75, 3.05) is 33.2 Å². The van der Waals surface area contributed by atoms with Crippen LogP contribution in [-0.2, 0) is 24.2 Å². The molecule has 2 aromatic rings. The summed E-state index contributed by atoms with van der Waals surface area (Å²) in [6.07, 6.45) is 4.65. The van der Waals surface area contributed by atoms with Gasteiger partial charge in [0, 0.05) is 31.1 Å². The van der Waals surface area contributed by atoms with Crippen LogP contribution in [0.5, 0.6) is 0 Å². The zero-order valence-corrected chi connectivity index (χ0v) is 15.6. The first kappa shape index (κ1) is 16.7. The highest BCUT2D eigenvalue weighted by atomic mass is 32.1. The first-order valence-corrected chi connectivity index (χ1v) is 9.80. The predicted octanol–water partition coefficient (Wildman–Crippen LogP) is 1.36. The van der Waals surface area contributed by atoms with Gasteiger partial charge in [0.2, 0.25) is 5.91 Å². The summed E-state index contributed by atoms with van der Waals surface area (Å²) in [5, 5.41) is 0.751. The zero-order valence-electron chi connectivity index (χ0n) is 14.8. The Kier molecular flexibility index (Phi) is 4.37. The third-order valence-corrected chi connectivity index (χ3v) is 6.61. The number of aryl methyl sites for hydroxylation is 1. The van der Waals surface area contributed by atoms with E-state index in [9.17, 15) is 9.59 Å². The Balaban J connectivity index is 1.61. The summed E-state index contributed by atoms with van der Waals surface area (Å²) < 4.78 is 1.49. The second-order valence-corrected chi connectivity index (χ2v) is 8.48. The molecule has 1 aliphatic carbocycles. The first-order chi connectivity index (χ1) is 12.0. The summed E-state index contributed by atoms with van der Waals surface area (Å²) in [4.78, 5) is 36.2. The van der Waals surface area contributed by atoms with Crippen molar-refractivity contribution in [1.29, 1.82) is 0 Å². The number of piperazine rings is 1. The van der Waals surface area contributed by atoms with Crippen molar-refractivity contribution in [1.82, 2.24) is 19.4 Å². The predicted molar refractivity (Wildman–Crippen MR) is 99.1 cm³/mol. The summed E-state index contributed by atoms with van der Waals surface area (Å²) in [5.74, 6) is 0.677. The van der Waals surface area contributed by atoms with Crippen molar-refractivity contribution in [2.24, 2.45) is 5.92 Å². The maximum Gasteiger partial charge on any atom is 0.262 e. The number of hydrogen-bond donors (Lipinski definition) is 0. The van der Waals surface area contributed by atoms with E-state index in [4.69, 9.17) is 0 Å². The lowest BCUT2D eigenvalue weighted by Gasteiger charge is -2.32. The van der Waals surface area contributed by atoms with E-state index in [0.717, 1.165) is 55.7 Å². The highest BCUT2D eigenvalue weighted by Gasteiger charge is 2.24. The van der Waals surface area contributed by atoms with Crippen molar-refractivity contribution >= 4 is 27.5 Å². The van der Waals surface area contributed by atoms with E-state index >= 15 is 0 Å². The maximum atomic E-state index is 13.0. The van der Waals surface area contributed by atoms with Crippen LogP contribution in [0, 0.1) is 5.92 Å². The van der Waals surface area contributed by atoms with Crippen LogP contribution < -0.4 is 5.56 Å². The molecule has 0 bridgehead atoms. The summed E-state index contributed by atoms with van der Waals surface area (Å²) in [6.45, 7) is 5.57. The van der Waals surface area contributed by atoms with E-state index in [-0.39, 0.29) is 18.0 Å². The fourth-order valence-corrected chi connectivity index (χ4v) is 5.12. The third kappa shape index (κ3) is 3.11. The first-order valence-electron chi connectivity index (χ1n) is 8.99. The molecule has 1 aliphatic heterocycles. The Morgan fingerprint density at radius 3 is 2.84 bits per heavy atom. The number of carbonyl (C=O) groups excluding carboxylic acids is 1. The zero-order chi connectivity index (χ0) is 17.6. The quantitative estimate of drug-likeness (QED) is 0.811. The molecule has 0 radical (unpaired) electrons. The molecule has 0 aromatic carbocycles. The largest absolute Gasteiger partial charge is 0.339 e. The molecular formula is C18H24N4O2S. The van der Waals surface area contributed by atoms with Crippen molar-refractivity contribution in [3.8, 4) is 0 Å². The van der Waals surface area contributed by atoms with Crippen LogP contribution in [0.4, 0.5) is 0 Å². The summed E-state index contributed by atoms with van der Waals surface area (Å²) in [6, 6.07) is 0. The molecule has 3 heterocycles. The fourth-order valence-electron chi connectivity index (χ4n) is 3.78. The Bertz CT molecular complexity index is 864. The van der Waals surface area contributed by atoms with Crippen LogP contribution in [0.2, 0.25) is 0 Å². The monoisotopic (exact) mass is 360 g/mol. The minimum absolute atomic E-state index is 0.00840. The number of likely N-dealkylation sites (N-methyl/N-ethyl adjacent to an activating group) is 1. The normalized spacial score (nSPS) is 21.5. The molecular weight excluding hydrogens is 336 g/mol. The molecule has 25 heavy (non-hydrogen) atoms. The number of aromatic nitrogens is 2. The van der Waals surface area contributed by atoms with Crippen LogP contribution in [-0.4, -0.2) is 58.5 Å². The number of thiophene rings is 1. The molecule has 0 N–H and O–H groups in total. The molecule has 1 saturated heterocycles. The Morgan fingerprint density at radius 1 is 1.32 bits per heavy atom. The molecule has 7 heteroatoms. The van der Waals surface area contributed by atoms with Gasteiger partial charge in [-0.25, -0.2) is 4.98 Å². The van der Waals surface area contributed by atoms with Gasteiger partial charge in [0.1, 0.15) is 11.4 Å². The Labute approximate surface area is 151 Å². The molecule has 1 fully saturated rings. The number of fused-ring (bicyclic) bond motifs is 3. The molecule has 6 nitrogen and oxygen atoms in total. The van der Waals surface area contributed by atoms with E-state index in [1.807, 2.05) is 4.90 Å². The molecule has 1 amide bonds. The topological polar surface area (TPSA) is 58.4 Å². The minimum Gasteiger partial charge on any atom is -0.339 e. The standard InChI is InChI=1S/C18H24N4O2S/c1-12-3-4-13-14(9-12)25-17-16(13)18(24)22(11-19-17)10-15(23)21-7-5-20(2)6-8-21/h11-12H,3-10H2,1-2H3/t12-/m0/s1. The van der Waals surface area contributed by atoms with Crippen LogP contribution in [0.15, 0.2) is 11.1 Å². The van der Waals surface area contributed by atoms with Gasteiger partial charge < -0.3 is 9.80 Å². The van der Waals surface area contributed by atoms with E-state index in [0.29, 0.717) is 5.92 Å². The summed E-state index contributed by atoms with van der Waals surface area (Å²) in [7, 11) is 2.06. The van der Waals surface area contributed by atoms with Gasteiger partial charge in [-0.15, -0.1) is 11.3 Å². The second-order valence-electron chi connectivity index (χ2n) is 7.39. The van der Waals surface area contributed by atoms with Gasteiger partial charge in [-0.05, 0) is 37.8 Å². The number of carbonyl (C=O) groups is 1. The van der Waals surface area contributed by atoms with Crippen molar-refractivity contribution in [3.05, 3.63) is 27.1 Å². The molecule has 134 valence electrons. The highest BCUT2D eigenvalue weighted by Crippen LogP contribution is 2.35. The van der Waals surface area contributed by atoms with Gasteiger partial charge in [0.05, 0.1) is 11.7 Å². The minimum atomic E-state index is -0.0560. The molecule has 0 unspecified atom stereocenters. The SMILES string of the molecule is C[C@H]1CCc2c(sc3ncn(CC(=O)N4CCN(C)CC4)c(=O)c23)C1. The van der Waals surface area contributed by atoms with Gasteiger partial charge in [-0.2, -0.15) is 0 Å². The molecule has 0 spiro atoms. The smallest absolute Gasteiger partial charge is 0.262 e. The van der Waals surface area contributed by atoms with E-state index in [1.54, 1.807) is 17.7 Å². The number of hydrogen-bond acceptors (Lipinski definition) is 5. The molecule has 0 saturated carbocycles. The van der Waals surface area contributed by atoms with E-state index in [2.05, 4.69) is 23.9 Å². The number of nitrogens with zero attached hydrogens (tertiary/aromatic N) is 4. The van der Waals surface area contributed by atoms with Crippen molar-refractivity contribution in [3.63, 3.8) is 0 Å². The summed E-state index contributed by atoms with van der Waals surface area (Å²) >= 11 is 1.65. The third-order valence-electron chi connectivity index (χ3n) is 5.44. The average Bonchev–Trinajstić information content (AvgIpc) is 2.96. The van der Waals surface area contributed by atoms with Gasteiger partial charge >= 0.3 is 0 Å². The van der Waals surface area contributed by atoms with Crippen LogP contribution >= 0.6 is 11.3 Å². The Morgan fingerprint density at radius 2 is 2.08 bits per heavy atom. The van der Waals surface area contributed by atoms with Gasteiger partial charge in [0.25, 0.3) is 5.56 Å². The van der Waals surface area contributed by atoms with Gasteiger partial charge in [-0.1, -0.05) is 6.92 Å². The lowest BCUT2D eigenvalue weighted by molar-refractivity contribution is -0.133. The fraction of sp³-hybridized carbons (Fsp3) is 0.611. The summed E-state index contributed by atoms with van der Waals surface area (Å²) in [5.41, 5.74) is 1.12. The molecule has 4 rings (SSSR count). The van der Waals surface area contributed by atoms with Crippen LogP contribution in [0.1, 0.15) is 23.8 Å². The number of amides is 1. The maximum absolute atomic E-state index is 13.0. The second kappa shape index (κ2) is 6.53. The van der Waals surface area contributed by atoms with E-state index in [1.165, 1.54) is 15.0 Å². The Hall–Kier alpha value is -1.73. The lowest BCUT2D eigenvalue weighted by Crippen LogP contribution is -2.48. The van der Waals surface area contributed by atoms with E-state index < -0.39 is 0 Å². The van der Waals surface area contributed by atoms with Gasteiger partial charge in [-0.3, -0.25) is 14.2 Å². The van der Waals surface area contributed by atoms with Crippen molar-refractivity contribution in [2.45, 2.75) is 32.7 Å². The van der Waals surface area contributed by atoms with Crippen LogP contribution in [0.25, 0.3) is 10.2 Å². The lowest BCUT2D eigenvalue weighted by atomic mass is 9.89. The molecule has 1 atom stereocenters.